The van der Waals surface area contributed by atoms with Gasteiger partial charge in [-0.3, -0.25) is 0 Å². The SMILES string of the molecule is Cc1ccc2c(oc3c(-c4cccc(C5CCCC5)c4)c(C#N)ccc32)c1-c1cccc[n+]1C. The molecule has 1 aliphatic carbocycles. The van der Waals surface area contributed by atoms with E-state index < -0.39 is 0 Å². The Morgan fingerprint density at radius 3 is 2.41 bits per heavy atom. The predicted octanol–water partition coefficient (Wildman–Crippen LogP) is 7.58. The van der Waals surface area contributed by atoms with Gasteiger partial charge in [0.15, 0.2) is 6.20 Å². The predicted molar refractivity (Wildman–Crippen MR) is 136 cm³/mol. The Balaban J connectivity index is 1.65. The number of rotatable bonds is 3. The molecular formula is C31H27N2O+. The van der Waals surface area contributed by atoms with Gasteiger partial charge in [-0.1, -0.05) is 49.2 Å². The third-order valence-electron chi connectivity index (χ3n) is 7.45. The van der Waals surface area contributed by atoms with E-state index in [9.17, 15) is 5.26 Å². The minimum absolute atomic E-state index is 0.618. The number of pyridine rings is 1. The Morgan fingerprint density at radius 2 is 1.65 bits per heavy atom. The monoisotopic (exact) mass is 443 g/mol. The molecule has 0 atom stereocenters. The molecule has 0 saturated heterocycles. The second-order valence-electron chi connectivity index (χ2n) is 9.52. The molecule has 1 aliphatic rings. The fourth-order valence-corrected chi connectivity index (χ4v) is 5.69. The molecule has 2 aromatic heterocycles. The van der Waals surface area contributed by atoms with Gasteiger partial charge in [-0.25, -0.2) is 4.57 Å². The standard InChI is InChI=1S/C31H27N2O/c1-20-13-15-25-26-16-14-24(19-32)29(23-11-7-10-22(18-23)21-8-3-4-9-21)31(26)34-30(25)28(20)27-12-5-6-17-33(27)2/h5-7,10-18,21H,3-4,8-9H2,1-2H3/q+1. The number of nitrogens with zero attached hydrogens (tertiary/aromatic N) is 2. The van der Waals surface area contributed by atoms with Gasteiger partial charge in [0.05, 0.1) is 17.2 Å². The quantitative estimate of drug-likeness (QED) is 0.270. The summed E-state index contributed by atoms with van der Waals surface area (Å²) in [6.07, 6.45) is 7.16. The summed E-state index contributed by atoms with van der Waals surface area (Å²) in [6.45, 7) is 2.13. The van der Waals surface area contributed by atoms with Gasteiger partial charge in [-0.05, 0) is 60.6 Å². The first-order valence-corrected chi connectivity index (χ1v) is 12.1. The number of fused-ring (bicyclic) bond motifs is 3. The molecule has 0 radical (unpaired) electrons. The molecule has 1 fully saturated rings. The van der Waals surface area contributed by atoms with E-state index in [2.05, 4.69) is 79.3 Å². The smallest absolute Gasteiger partial charge is 0.216 e. The van der Waals surface area contributed by atoms with Crippen molar-refractivity contribution in [3.63, 3.8) is 0 Å². The zero-order chi connectivity index (χ0) is 23.2. The number of aryl methyl sites for hydroxylation is 2. The zero-order valence-corrected chi connectivity index (χ0v) is 19.6. The Bertz CT molecular complexity index is 1600. The Labute approximate surface area is 199 Å². The van der Waals surface area contributed by atoms with E-state index in [1.807, 2.05) is 18.2 Å². The van der Waals surface area contributed by atoms with Crippen molar-refractivity contribution in [1.29, 1.82) is 5.26 Å². The van der Waals surface area contributed by atoms with E-state index >= 15 is 0 Å². The molecule has 3 nitrogen and oxygen atoms in total. The molecule has 0 unspecified atom stereocenters. The van der Waals surface area contributed by atoms with Crippen molar-refractivity contribution in [3.8, 4) is 28.5 Å². The second-order valence-corrected chi connectivity index (χ2v) is 9.52. The Kier molecular flexibility index (Phi) is 4.96. The van der Waals surface area contributed by atoms with Crippen LogP contribution in [0.4, 0.5) is 0 Å². The number of nitriles is 1. The average molecular weight is 444 g/mol. The van der Waals surface area contributed by atoms with Gasteiger partial charge in [-0.15, -0.1) is 0 Å². The van der Waals surface area contributed by atoms with Gasteiger partial charge >= 0.3 is 0 Å². The van der Waals surface area contributed by atoms with Crippen LogP contribution in [-0.2, 0) is 7.05 Å². The van der Waals surface area contributed by atoms with Crippen LogP contribution < -0.4 is 4.57 Å². The number of hydrogen-bond acceptors (Lipinski definition) is 2. The van der Waals surface area contributed by atoms with Crippen molar-refractivity contribution in [3.05, 3.63) is 89.6 Å². The lowest BCUT2D eigenvalue weighted by Gasteiger charge is -2.12. The molecule has 5 aromatic rings. The highest BCUT2D eigenvalue weighted by Crippen LogP contribution is 2.43. The van der Waals surface area contributed by atoms with E-state index in [0.29, 0.717) is 11.5 Å². The molecule has 0 N–H and O–H groups in total. The van der Waals surface area contributed by atoms with Crippen LogP contribution in [0, 0.1) is 18.3 Å². The van der Waals surface area contributed by atoms with Crippen LogP contribution in [0.25, 0.3) is 44.3 Å². The van der Waals surface area contributed by atoms with Crippen LogP contribution in [0.3, 0.4) is 0 Å². The first-order valence-electron chi connectivity index (χ1n) is 12.1. The number of hydrogen-bond donors (Lipinski definition) is 0. The van der Waals surface area contributed by atoms with Crippen LogP contribution in [-0.4, -0.2) is 0 Å². The lowest BCUT2D eigenvalue weighted by Crippen LogP contribution is -2.30. The zero-order valence-electron chi connectivity index (χ0n) is 19.6. The summed E-state index contributed by atoms with van der Waals surface area (Å²) >= 11 is 0. The van der Waals surface area contributed by atoms with Gasteiger partial charge in [0.25, 0.3) is 0 Å². The Hall–Kier alpha value is -3.90. The Morgan fingerprint density at radius 1 is 0.882 bits per heavy atom. The lowest BCUT2D eigenvalue weighted by molar-refractivity contribution is -0.660. The topological polar surface area (TPSA) is 40.8 Å². The maximum atomic E-state index is 10.0. The molecule has 2 heterocycles. The van der Waals surface area contributed by atoms with Crippen LogP contribution in [0.2, 0.25) is 0 Å². The van der Waals surface area contributed by atoms with Crippen molar-refractivity contribution in [2.24, 2.45) is 7.05 Å². The molecule has 0 spiro atoms. The maximum Gasteiger partial charge on any atom is 0.216 e. The summed E-state index contributed by atoms with van der Waals surface area (Å²) < 4.78 is 8.83. The van der Waals surface area contributed by atoms with Crippen LogP contribution in [0.5, 0.6) is 0 Å². The van der Waals surface area contributed by atoms with Crippen molar-refractivity contribution in [2.45, 2.75) is 38.5 Å². The van der Waals surface area contributed by atoms with Gasteiger partial charge < -0.3 is 4.42 Å². The molecule has 0 aliphatic heterocycles. The fourth-order valence-electron chi connectivity index (χ4n) is 5.69. The average Bonchev–Trinajstić information content (AvgIpc) is 3.52. The first kappa shape index (κ1) is 20.7. The van der Waals surface area contributed by atoms with Crippen molar-refractivity contribution in [2.75, 3.05) is 0 Å². The van der Waals surface area contributed by atoms with Crippen LogP contribution in [0.15, 0.2) is 77.3 Å². The summed E-state index contributed by atoms with van der Waals surface area (Å²) in [5.74, 6) is 0.618. The lowest BCUT2D eigenvalue weighted by atomic mass is 9.91. The van der Waals surface area contributed by atoms with Gasteiger partial charge in [0.2, 0.25) is 5.69 Å². The molecule has 166 valence electrons. The minimum Gasteiger partial charge on any atom is -0.454 e. The van der Waals surface area contributed by atoms with E-state index in [1.165, 1.54) is 36.8 Å². The van der Waals surface area contributed by atoms with Gasteiger partial charge in [0, 0.05) is 28.5 Å². The highest BCUT2D eigenvalue weighted by atomic mass is 16.3. The molecule has 3 heteroatoms. The minimum atomic E-state index is 0.618. The van der Waals surface area contributed by atoms with E-state index in [1.54, 1.807) is 0 Å². The highest BCUT2D eigenvalue weighted by molar-refractivity contribution is 6.14. The van der Waals surface area contributed by atoms with E-state index in [4.69, 9.17) is 4.42 Å². The van der Waals surface area contributed by atoms with Crippen molar-refractivity contribution >= 4 is 21.9 Å². The summed E-state index contributed by atoms with van der Waals surface area (Å²) in [6, 6.07) is 25.7. The molecule has 0 amide bonds. The van der Waals surface area contributed by atoms with E-state index in [0.717, 1.165) is 44.3 Å². The first-order chi connectivity index (χ1) is 16.7. The number of furan rings is 1. The summed E-state index contributed by atoms with van der Waals surface area (Å²) in [7, 11) is 2.06. The molecular weight excluding hydrogens is 416 g/mol. The largest absolute Gasteiger partial charge is 0.454 e. The van der Waals surface area contributed by atoms with Crippen LogP contribution in [0.1, 0.15) is 48.3 Å². The number of aromatic nitrogens is 1. The second kappa shape index (κ2) is 8.15. The summed E-state index contributed by atoms with van der Waals surface area (Å²) in [5, 5.41) is 12.1. The highest BCUT2D eigenvalue weighted by Gasteiger charge is 2.23. The molecule has 0 bridgehead atoms. The van der Waals surface area contributed by atoms with Gasteiger partial charge in [-0.2, -0.15) is 5.26 Å². The van der Waals surface area contributed by atoms with Crippen molar-refractivity contribution in [1.82, 2.24) is 0 Å². The van der Waals surface area contributed by atoms with E-state index in [-0.39, 0.29) is 0 Å². The van der Waals surface area contributed by atoms with Gasteiger partial charge in [0.1, 0.15) is 18.2 Å². The number of benzene rings is 3. The maximum absolute atomic E-state index is 10.0. The molecule has 1 saturated carbocycles. The normalized spacial score (nSPS) is 14.1. The van der Waals surface area contributed by atoms with Crippen molar-refractivity contribution < 1.29 is 8.98 Å². The summed E-state index contributed by atoms with van der Waals surface area (Å²) in [5.41, 5.74) is 9.03. The van der Waals surface area contributed by atoms with Crippen LogP contribution >= 0.6 is 0 Å². The molecule has 34 heavy (non-hydrogen) atoms. The molecule has 3 aromatic carbocycles. The molecule has 6 rings (SSSR count). The third-order valence-corrected chi connectivity index (χ3v) is 7.45. The summed E-state index contributed by atoms with van der Waals surface area (Å²) in [4.78, 5) is 0. The third kappa shape index (κ3) is 3.22. The fraction of sp³-hybridized carbons (Fsp3) is 0.226.